The molecule has 0 radical (unpaired) electrons. The van der Waals surface area contributed by atoms with Gasteiger partial charge in [0.1, 0.15) is 11.6 Å². The highest BCUT2D eigenvalue weighted by Crippen LogP contribution is 2.33. The molecule has 0 spiro atoms. The molecule has 1 unspecified atom stereocenters. The lowest BCUT2D eigenvalue weighted by atomic mass is 9.90. The topological polar surface area (TPSA) is 82.2 Å². The molecule has 0 bridgehead atoms. The average molecular weight is 443 g/mol. The van der Waals surface area contributed by atoms with Crippen molar-refractivity contribution in [3.8, 4) is 11.8 Å². The van der Waals surface area contributed by atoms with Crippen LogP contribution in [0.1, 0.15) is 65.6 Å². The van der Waals surface area contributed by atoms with E-state index in [9.17, 15) is 10.1 Å². The number of carboxylic acid groups (broad SMARTS) is 1. The Morgan fingerprint density at radius 1 is 1.18 bits per heavy atom. The van der Waals surface area contributed by atoms with Crippen molar-refractivity contribution in [2.45, 2.75) is 58.9 Å². The molecule has 0 saturated carbocycles. The zero-order valence-corrected chi connectivity index (χ0v) is 19.5. The van der Waals surface area contributed by atoms with Crippen LogP contribution in [0.5, 0.6) is 0 Å². The number of nitriles is 1. The molecule has 1 atom stereocenters. The molecule has 170 valence electrons. The number of anilines is 1. The Morgan fingerprint density at radius 3 is 2.64 bits per heavy atom. The zero-order valence-electron chi connectivity index (χ0n) is 19.5. The number of rotatable bonds is 7. The van der Waals surface area contributed by atoms with Gasteiger partial charge in [0.05, 0.1) is 11.4 Å². The van der Waals surface area contributed by atoms with Gasteiger partial charge < -0.3 is 10.0 Å². The van der Waals surface area contributed by atoms with Gasteiger partial charge in [0.15, 0.2) is 5.82 Å². The summed E-state index contributed by atoms with van der Waals surface area (Å²) in [6, 6.07) is 17.2. The van der Waals surface area contributed by atoms with Gasteiger partial charge in [0.25, 0.3) is 0 Å². The van der Waals surface area contributed by atoms with Gasteiger partial charge in [0, 0.05) is 19.5 Å². The third-order valence-corrected chi connectivity index (χ3v) is 6.57. The Morgan fingerprint density at radius 2 is 1.94 bits per heavy atom. The number of aliphatic carboxylic acids is 1. The minimum atomic E-state index is -0.732. The van der Waals surface area contributed by atoms with E-state index in [-0.39, 0.29) is 6.42 Å². The summed E-state index contributed by atoms with van der Waals surface area (Å²) in [5.41, 5.74) is 7.38. The van der Waals surface area contributed by atoms with Crippen molar-refractivity contribution in [1.82, 2.24) is 9.78 Å². The molecule has 6 heteroatoms. The molecule has 1 aliphatic heterocycles. The van der Waals surface area contributed by atoms with Crippen LogP contribution in [-0.2, 0) is 17.8 Å². The highest BCUT2D eigenvalue weighted by molar-refractivity contribution is 5.66. The first-order chi connectivity index (χ1) is 15.9. The molecule has 1 aromatic heterocycles. The van der Waals surface area contributed by atoms with Crippen LogP contribution in [0.3, 0.4) is 0 Å². The van der Waals surface area contributed by atoms with Crippen LogP contribution < -0.4 is 4.90 Å². The van der Waals surface area contributed by atoms with Crippen molar-refractivity contribution in [2.75, 3.05) is 11.4 Å². The van der Waals surface area contributed by atoms with E-state index in [1.165, 1.54) is 22.3 Å². The van der Waals surface area contributed by atoms with Crippen LogP contribution in [0, 0.1) is 25.2 Å². The third-order valence-electron chi connectivity index (χ3n) is 6.57. The van der Waals surface area contributed by atoms with Gasteiger partial charge >= 0.3 is 5.97 Å². The lowest BCUT2D eigenvalue weighted by Gasteiger charge is -2.31. The first kappa shape index (κ1) is 22.6. The van der Waals surface area contributed by atoms with Gasteiger partial charge in [-0.05, 0) is 67.9 Å². The molecule has 0 amide bonds. The maximum Gasteiger partial charge on any atom is 0.303 e. The predicted molar refractivity (Wildman–Crippen MR) is 129 cm³/mol. The molecular weight excluding hydrogens is 412 g/mol. The lowest BCUT2D eigenvalue weighted by Crippen LogP contribution is -2.32. The summed E-state index contributed by atoms with van der Waals surface area (Å²) < 4.78 is 1.90. The fraction of sp³-hybridized carbons (Fsp3) is 0.370. The number of fused-ring (bicyclic) bond motifs is 1. The number of nitrogens with zero attached hydrogens (tertiary/aromatic N) is 4. The molecule has 0 fully saturated rings. The Kier molecular flexibility index (Phi) is 6.50. The summed E-state index contributed by atoms with van der Waals surface area (Å²) in [6.45, 7) is 7.66. The Bertz CT molecular complexity index is 1200. The maximum absolute atomic E-state index is 10.8. The van der Waals surface area contributed by atoms with Gasteiger partial charge in [-0.3, -0.25) is 4.79 Å². The van der Waals surface area contributed by atoms with Crippen molar-refractivity contribution in [3.05, 3.63) is 76.0 Å². The number of benzene rings is 2. The fourth-order valence-corrected chi connectivity index (χ4v) is 4.59. The normalized spacial score (nSPS) is 13.9. The van der Waals surface area contributed by atoms with Crippen LogP contribution in [0.25, 0.3) is 5.69 Å². The van der Waals surface area contributed by atoms with Crippen LogP contribution in [0.2, 0.25) is 0 Å². The van der Waals surface area contributed by atoms with Crippen LogP contribution >= 0.6 is 0 Å². The van der Waals surface area contributed by atoms with Gasteiger partial charge in [-0.15, -0.1) is 0 Å². The van der Waals surface area contributed by atoms with E-state index in [4.69, 9.17) is 10.2 Å². The molecule has 1 aliphatic rings. The molecule has 33 heavy (non-hydrogen) atoms. The Hall–Kier alpha value is -3.59. The second kappa shape index (κ2) is 9.50. The molecule has 2 aromatic carbocycles. The van der Waals surface area contributed by atoms with Crippen molar-refractivity contribution in [1.29, 1.82) is 5.26 Å². The number of aromatic nitrogens is 2. The minimum absolute atomic E-state index is 0.222. The monoisotopic (exact) mass is 442 g/mol. The molecule has 6 nitrogen and oxygen atoms in total. The van der Waals surface area contributed by atoms with Crippen molar-refractivity contribution in [2.24, 2.45) is 0 Å². The summed E-state index contributed by atoms with van der Waals surface area (Å²) in [4.78, 5) is 13.1. The second-order valence-electron chi connectivity index (χ2n) is 9.03. The molecule has 0 saturated heterocycles. The molecule has 4 rings (SSSR count). The molecule has 2 heterocycles. The quantitative estimate of drug-likeness (QED) is 0.538. The van der Waals surface area contributed by atoms with Gasteiger partial charge in [0.2, 0.25) is 0 Å². The largest absolute Gasteiger partial charge is 0.481 e. The highest BCUT2D eigenvalue weighted by Gasteiger charge is 2.26. The van der Waals surface area contributed by atoms with E-state index >= 15 is 0 Å². The molecular formula is C27H30N4O2. The summed E-state index contributed by atoms with van der Waals surface area (Å²) in [6.07, 6.45) is 2.69. The maximum atomic E-state index is 10.8. The molecule has 3 aromatic rings. The molecule has 1 N–H and O–H groups in total. The van der Waals surface area contributed by atoms with E-state index in [1.54, 1.807) is 0 Å². The van der Waals surface area contributed by atoms with E-state index in [1.807, 2.05) is 23.7 Å². The van der Waals surface area contributed by atoms with Crippen molar-refractivity contribution >= 4 is 11.8 Å². The summed E-state index contributed by atoms with van der Waals surface area (Å²) in [7, 11) is 0. The van der Waals surface area contributed by atoms with Crippen LogP contribution in [0.15, 0.2) is 42.5 Å². The van der Waals surface area contributed by atoms with E-state index < -0.39 is 5.97 Å². The Labute approximate surface area is 195 Å². The Balaban J connectivity index is 1.59. The highest BCUT2D eigenvalue weighted by atomic mass is 16.4. The van der Waals surface area contributed by atoms with E-state index in [0.717, 1.165) is 43.1 Å². The summed E-state index contributed by atoms with van der Waals surface area (Å²) in [5, 5.41) is 23.5. The number of carboxylic acids is 1. The summed E-state index contributed by atoms with van der Waals surface area (Å²) in [5.74, 6) is 0.462. The standard InChI is InChI=1S/C27H30N4O2/c1-18-7-11-24(12-8-18)31-27(25(16-28)20(3)29-31)30-14-13-22-15-21(9-10-23(22)17-30)19(2)5-4-6-26(32)33/h7-12,15,19H,4-6,13-14,17H2,1-3H3,(H,32,33). The predicted octanol–water partition coefficient (Wildman–Crippen LogP) is 5.28. The van der Waals surface area contributed by atoms with Gasteiger partial charge in [-0.2, -0.15) is 10.4 Å². The number of aryl methyl sites for hydroxylation is 2. The fourth-order valence-electron chi connectivity index (χ4n) is 4.59. The van der Waals surface area contributed by atoms with E-state index in [0.29, 0.717) is 17.9 Å². The first-order valence-electron chi connectivity index (χ1n) is 11.5. The average Bonchev–Trinajstić information content (AvgIpc) is 3.14. The van der Waals surface area contributed by atoms with E-state index in [2.05, 4.69) is 55.1 Å². The SMILES string of the molecule is Cc1ccc(-n2nc(C)c(C#N)c2N2CCc3cc(C(C)CCCC(=O)O)ccc3C2)cc1. The number of carbonyl (C=O) groups is 1. The van der Waals surface area contributed by atoms with Gasteiger partial charge in [-0.25, -0.2) is 4.68 Å². The van der Waals surface area contributed by atoms with Crippen LogP contribution in [0.4, 0.5) is 5.82 Å². The second-order valence-corrected chi connectivity index (χ2v) is 9.03. The lowest BCUT2D eigenvalue weighted by molar-refractivity contribution is -0.137. The first-order valence-corrected chi connectivity index (χ1v) is 11.5. The zero-order chi connectivity index (χ0) is 23.5. The summed E-state index contributed by atoms with van der Waals surface area (Å²) >= 11 is 0. The number of hydrogen-bond donors (Lipinski definition) is 1. The van der Waals surface area contributed by atoms with Crippen molar-refractivity contribution in [3.63, 3.8) is 0 Å². The van der Waals surface area contributed by atoms with Gasteiger partial charge in [-0.1, -0.05) is 42.8 Å². The number of hydrogen-bond acceptors (Lipinski definition) is 4. The minimum Gasteiger partial charge on any atom is -0.481 e. The van der Waals surface area contributed by atoms with Crippen molar-refractivity contribution < 1.29 is 9.90 Å². The van der Waals surface area contributed by atoms with Crippen LogP contribution in [-0.4, -0.2) is 27.4 Å². The third kappa shape index (κ3) is 4.78. The smallest absolute Gasteiger partial charge is 0.303 e. The molecule has 0 aliphatic carbocycles.